The Labute approximate surface area is 120 Å². The summed E-state index contributed by atoms with van der Waals surface area (Å²) < 4.78 is 2.42. The van der Waals surface area contributed by atoms with Crippen LogP contribution in [0.4, 0.5) is 0 Å². The summed E-state index contributed by atoms with van der Waals surface area (Å²) in [5.74, 6) is 1.24. The predicted octanol–water partition coefficient (Wildman–Crippen LogP) is 1.89. The van der Waals surface area contributed by atoms with Gasteiger partial charge in [-0.05, 0) is 18.6 Å². The smallest absolute Gasteiger partial charge is 0.109 e. The van der Waals surface area contributed by atoms with Crippen LogP contribution in [0.5, 0.6) is 0 Å². The number of nitrogens with zero attached hydrogens (tertiary/aromatic N) is 3. The van der Waals surface area contributed by atoms with Crippen LogP contribution >= 0.6 is 0 Å². The van der Waals surface area contributed by atoms with E-state index in [-0.39, 0.29) is 0 Å². The first-order valence-corrected chi connectivity index (χ1v) is 7.75. The number of imidazole rings is 1. The molecule has 4 nitrogen and oxygen atoms in total. The zero-order valence-corrected chi connectivity index (χ0v) is 12.3. The van der Waals surface area contributed by atoms with Gasteiger partial charge in [-0.3, -0.25) is 4.90 Å². The standard InChI is InChI=1S/C16H24N4/c1-2-5-16-18-14-6-3-4-7-15(14)20(16)13-12-19-10-8-17-9-11-19/h3-4,6-7,17H,2,5,8-13H2,1H3. The minimum atomic E-state index is 1.05. The van der Waals surface area contributed by atoms with Crippen LogP contribution in [0.1, 0.15) is 19.2 Å². The highest BCUT2D eigenvalue weighted by atomic mass is 15.2. The maximum Gasteiger partial charge on any atom is 0.109 e. The van der Waals surface area contributed by atoms with Gasteiger partial charge < -0.3 is 9.88 Å². The number of piperazine rings is 1. The van der Waals surface area contributed by atoms with Crippen molar-refractivity contribution in [1.29, 1.82) is 0 Å². The van der Waals surface area contributed by atoms with Crippen molar-refractivity contribution < 1.29 is 0 Å². The lowest BCUT2D eigenvalue weighted by Crippen LogP contribution is -2.44. The molecular weight excluding hydrogens is 248 g/mol. The largest absolute Gasteiger partial charge is 0.327 e. The minimum Gasteiger partial charge on any atom is -0.327 e. The highest BCUT2D eigenvalue weighted by molar-refractivity contribution is 5.75. The molecule has 0 spiro atoms. The van der Waals surface area contributed by atoms with E-state index < -0.39 is 0 Å². The lowest BCUT2D eigenvalue weighted by atomic mass is 10.3. The first-order valence-electron chi connectivity index (χ1n) is 7.75. The quantitative estimate of drug-likeness (QED) is 0.902. The van der Waals surface area contributed by atoms with E-state index in [9.17, 15) is 0 Å². The highest BCUT2D eigenvalue weighted by Gasteiger charge is 2.13. The maximum absolute atomic E-state index is 4.80. The van der Waals surface area contributed by atoms with Gasteiger partial charge in [0.1, 0.15) is 5.82 Å². The van der Waals surface area contributed by atoms with Crippen molar-refractivity contribution in [2.24, 2.45) is 0 Å². The fraction of sp³-hybridized carbons (Fsp3) is 0.562. The summed E-state index contributed by atoms with van der Waals surface area (Å²) in [4.78, 5) is 7.34. The maximum atomic E-state index is 4.80. The van der Waals surface area contributed by atoms with Crippen LogP contribution in [0, 0.1) is 0 Å². The number of para-hydroxylation sites is 2. The first kappa shape index (κ1) is 13.6. The van der Waals surface area contributed by atoms with E-state index in [1.807, 2.05) is 0 Å². The van der Waals surface area contributed by atoms with E-state index >= 15 is 0 Å². The number of fused-ring (bicyclic) bond motifs is 1. The molecule has 3 rings (SSSR count). The van der Waals surface area contributed by atoms with Crippen molar-refractivity contribution in [3.8, 4) is 0 Å². The molecule has 0 unspecified atom stereocenters. The molecule has 0 aliphatic carbocycles. The highest BCUT2D eigenvalue weighted by Crippen LogP contribution is 2.17. The SMILES string of the molecule is CCCc1nc2ccccc2n1CCN1CCNCC1. The van der Waals surface area contributed by atoms with Gasteiger partial charge in [0.2, 0.25) is 0 Å². The lowest BCUT2D eigenvalue weighted by molar-refractivity contribution is 0.232. The monoisotopic (exact) mass is 272 g/mol. The Hall–Kier alpha value is -1.39. The molecule has 2 heterocycles. The van der Waals surface area contributed by atoms with E-state index in [0.29, 0.717) is 0 Å². The second-order valence-corrected chi connectivity index (χ2v) is 5.51. The van der Waals surface area contributed by atoms with Crippen LogP contribution in [0.2, 0.25) is 0 Å². The average molecular weight is 272 g/mol. The average Bonchev–Trinajstić information content (AvgIpc) is 2.84. The number of hydrogen-bond donors (Lipinski definition) is 1. The van der Waals surface area contributed by atoms with Gasteiger partial charge in [0, 0.05) is 45.7 Å². The van der Waals surface area contributed by atoms with Crippen LogP contribution in [0.25, 0.3) is 11.0 Å². The van der Waals surface area contributed by atoms with Gasteiger partial charge in [-0.15, -0.1) is 0 Å². The van der Waals surface area contributed by atoms with E-state index in [2.05, 4.69) is 46.0 Å². The molecule has 108 valence electrons. The van der Waals surface area contributed by atoms with Gasteiger partial charge in [0.15, 0.2) is 0 Å². The Morgan fingerprint density at radius 3 is 2.75 bits per heavy atom. The van der Waals surface area contributed by atoms with Crippen molar-refractivity contribution in [2.45, 2.75) is 26.3 Å². The molecule has 0 amide bonds. The molecule has 0 saturated carbocycles. The fourth-order valence-corrected chi connectivity index (χ4v) is 2.97. The van der Waals surface area contributed by atoms with Gasteiger partial charge in [-0.25, -0.2) is 4.98 Å². The van der Waals surface area contributed by atoms with Crippen LogP contribution in [-0.4, -0.2) is 47.2 Å². The van der Waals surface area contributed by atoms with Gasteiger partial charge >= 0.3 is 0 Å². The first-order chi connectivity index (χ1) is 9.88. The third-order valence-corrected chi connectivity index (χ3v) is 4.06. The third-order valence-electron chi connectivity index (χ3n) is 4.06. The molecule has 1 aromatic heterocycles. The third kappa shape index (κ3) is 2.86. The molecule has 4 heteroatoms. The fourth-order valence-electron chi connectivity index (χ4n) is 2.97. The van der Waals surface area contributed by atoms with Gasteiger partial charge in [-0.1, -0.05) is 19.1 Å². The van der Waals surface area contributed by atoms with Crippen molar-refractivity contribution in [2.75, 3.05) is 32.7 Å². The summed E-state index contributed by atoms with van der Waals surface area (Å²) in [6.45, 7) is 8.96. The van der Waals surface area contributed by atoms with Crippen molar-refractivity contribution in [1.82, 2.24) is 19.8 Å². The molecule has 1 N–H and O–H groups in total. The molecule has 0 bridgehead atoms. The van der Waals surface area contributed by atoms with Gasteiger partial charge in [-0.2, -0.15) is 0 Å². The number of rotatable bonds is 5. The molecule has 1 saturated heterocycles. The second kappa shape index (κ2) is 6.37. The normalized spacial score (nSPS) is 16.9. The summed E-state index contributed by atoms with van der Waals surface area (Å²) in [6, 6.07) is 8.50. The summed E-state index contributed by atoms with van der Waals surface area (Å²) in [6.07, 6.45) is 2.22. The van der Waals surface area contributed by atoms with Crippen molar-refractivity contribution >= 4 is 11.0 Å². The Morgan fingerprint density at radius 2 is 1.95 bits per heavy atom. The molecule has 1 aliphatic rings. The number of aromatic nitrogens is 2. The molecule has 0 atom stereocenters. The lowest BCUT2D eigenvalue weighted by Gasteiger charge is -2.27. The van der Waals surface area contributed by atoms with Crippen LogP contribution in [-0.2, 0) is 13.0 Å². The number of hydrogen-bond acceptors (Lipinski definition) is 3. The zero-order valence-electron chi connectivity index (χ0n) is 12.3. The van der Waals surface area contributed by atoms with Crippen LogP contribution in [0.15, 0.2) is 24.3 Å². The molecule has 1 aromatic carbocycles. The second-order valence-electron chi connectivity index (χ2n) is 5.51. The number of benzene rings is 1. The molecule has 1 aliphatic heterocycles. The minimum absolute atomic E-state index is 1.05. The Kier molecular flexibility index (Phi) is 4.33. The van der Waals surface area contributed by atoms with Crippen molar-refractivity contribution in [3.05, 3.63) is 30.1 Å². The van der Waals surface area contributed by atoms with Crippen LogP contribution in [0.3, 0.4) is 0 Å². The summed E-state index contributed by atoms with van der Waals surface area (Å²) >= 11 is 0. The summed E-state index contributed by atoms with van der Waals surface area (Å²) in [5, 5.41) is 3.41. The topological polar surface area (TPSA) is 33.1 Å². The van der Waals surface area contributed by atoms with Crippen LogP contribution < -0.4 is 5.32 Å². The summed E-state index contributed by atoms with van der Waals surface area (Å²) in [5.41, 5.74) is 2.42. The van der Waals surface area contributed by atoms with E-state index in [0.717, 1.165) is 57.6 Å². The molecule has 20 heavy (non-hydrogen) atoms. The number of aryl methyl sites for hydroxylation is 1. The summed E-state index contributed by atoms with van der Waals surface area (Å²) in [7, 11) is 0. The molecular formula is C16H24N4. The van der Waals surface area contributed by atoms with E-state index in [1.54, 1.807) is 0 Å². The van der Waals surface area contributed by atoms with Gasteiger partial charge in [0.25, 0.3) is 0 Å². The number of nitrogens with one attached hydrogen (secondary N) is 1. The van der Waals surface area contributed by atoms with E-state index in [4.69, 9.17) is 4.98 Å². The Morgan fingerprint density at radius 1 is 1.15 bits per heavy atom. The Balaban J connectivity index is 1.79. The molecule has 0 radical (unpaired) electrons. The van der Waals surface area contributed by atoms with Crippen molar-refractivity contribution in [3.63, 3.8) is 0 Å². The van der Waals surface area contributed by atoms with Gasteiger partial charge in [0.05, 0.1) is 11.0 Å². The predicted molar refractivity (Wildman–Crippen MR) is 83.0 cm³/mol. The molecule has 2 aromatic rings. The van der Waals surface area contributed by atoms with E-state index in [1.165, 1.54) is 11.3 Å². The zero-order chi connectivity index (χ0) is 13.8. The Bertz CT molecular complexity index is 555. The molecule has 1 fully saturated rings.